The predicted octanol–water partition coefficient (Wildman–Crippen LogP) is 3.95. The molecule has 1 amide bonds. The Labute approximate surface area is 200 Å². The maximum absolute atomic E-state index is 13.3. The van der Waals surface area contributed by atoms with Crippen molar-refractivity contribution in [2.75, 3.05) is 12.9 Å². The minimum absolute atomic E-state index is 0.138. The molecule has 5 rings (SSSR count). The number of thioether (sulfide) groups is 1. The summed E-state index contributed by atoms with van der Waals surface area (Å²) in [5.74, 6) is 2.18. The van der Waals surface area contributed by atoms with Crippen LogP contribution in [0.25, 0.3) is 11.4 Å². The van der Waals surface area contributed by atoms with E-state index in [0.717, 1.165) is 22.6 Å². The van der Waals surface area contributed by atoms with Gasteiger partial charge in [0.1, 0.15) is 17.6 Å². The number of benzene rings is 1. The molecule has 9 nitrogen and oxygen atoms in total. The highest BCUT2D eigenvalue weighted by molar-refractivity contribution is 7.99. The number of carbonyl (C=O) groups excluding carboxylic acids is 1. The van der Waals surface area contributed by atoms with Gasteiger partial charge in [0.25, 0.3) is 5.91 Å². The molecule has 1 aliphatic rings. The van der Waals surface area contributed by atoms with Crippen LogP contribution in [0.3, 0.4) is 0 Å². The fraction of sp³-hybridized carbons (Fsp3) is 0.208. The maximum atomic E-state index is 13.3. The Balaban J connectivity index is 1.34. The lowest BCUT2D eigenvalue weighted by Gasteiger charge is -2.19. The van der Waals surface area contributed by atoms with Crippen molar-refractivity contribution in [2.24, 2.45) is 12.1 Å². The topological polar surface area (TPSA) is 98.6 Å². The molecule has 1 aromatic carbocycles. The fourth-order valence-corrected chi connectivity index (χ4v) is 4.54. The minimum atomic E-state index is -0.300. The van der Waals surface area contributed by atoms with Crippen LogP contribution in [0, 0.1) is 0 Å². The monoisotopic (exact) mass is 474 g/mol. The lowest BCUT2D eigenvalue weighted by atomic mass is 10.0. The number of hydrogen-bond acceptors (Lipinski definition) is 8. The standard InChI is InChI=1S/C24H22N6O3S/c1-29-23(17-5-3-11-25-14-17)26-27-24(29)34-15-22(31)30-20(21-6-4-12-33-21)13-19(28-30)16-7-9-18(32-2)10-8-16/h3-12,14,20H,13,15H2,1-2H3/t20-/m0/s1. The molecule has 1 atom stereocenters. The van der Waals surface area contributed by atoms with Crippen LogP contribution in [-0.4, -0.2) is 49.2 Å². The van der Waals surface area contributed by atoms with E-state index in [4.69, 9.17) is 9.15 Å². The molecule has 0 radical (unpaired) electrons. The largest absolute Gasteiger partial charge is 0.497 e. The summed E-state index contributed by atoms with van der Waals surface area (Å²) in [5, 5.41) is 15.3. The summed E-state index contributed by atoms with van der Waals surface area (Å²) in [7, 11) is 3.50. The minimum Gasteiger partial charge on any atom is -0.497 e. The first-order valence-electron chi connectivity index (χ1n) is 10.6. The molecule has 0 spiro atoms. The van der Waals surface area contributed by atoms with Gasteiger partial charge in [-0.3, -0.25) is 9.78 Å². The number of furan rings is 1. The van der Waals surface area contributed by atoms with Crippen LogP contribution in [0.15, 0.2) is 81.9 Å². The van der Waals surface area contributed by atoms with E-state index in [-0.39, 0.29) is 17.7 Å². The van der Waals surface area contributed by atoms with E-state index in [1.807, 2.05) is 60.1 Å². The Morgan fingerprint density at radius 2 is 2.00 bits per heavy atom. The summed E-state index contributed by atoms with van der Waals surface area (Å²) >= 11 is 1.32. The lowest BCUT2D eigenvalue weighted by molar-refractivity contribution is -0.130. The molecule has 0 aliphatic carbocycles. The third-order valence-electron chi connectivity index (χ3n) is 5.54. The molecule has 0 saturated heterocycles. The summed E-state index contributed by atoms with van der Waals surface area (Å²) < 4.78 is 12.7. The zero-order valence-corrected chi connectivity index (χ0v) is 19.5. The summed E-state index contributed by atoms with van der Waals surface area (Å²) in [4.78, 5) is 17.4. The SMILES string of the molecule is COc1ccc(C2=NN(C(=O)CSc3nnc(-c4cccnc4)n3C)[C@H](c3ccco3)C2)cc1. The molecule has 0 N–H and O–H groups in total. The van der Waals surface area contributed by atoms with Crippen LogP contribution in [0.2, 0.25) is 0 Å². The molecular weight excluding hydrogens is 452 g/mol. The molecule has 0 fully saturated rings. The number of hydrazone groups is 1. The number of rotatable bonds is 7. The van der Waals surface area contributed by atoms with E-state index in [2.05, 4.69) is 20.3 Å². The van der Waals surface area contributed by atoms with E-state index in [0.29, 0.717) is 23.2 Å². The first-order valence-corrected chi connectivity index (χ1v) is 11.6. The normalized spacial score (nSPS) is 15.4. The van der Waals surface area contributed by atoms with Crippen molar-refractivity contribution in [3.8, 4) is 17.1 Å². The number of nitrogens with zero attached hydrogens (tertiary/aromatic N) is 6. The summed E-state index contributed by atoms with van der Waals surface area (Å²) in [6.07, 6.45) is 5.61. The van der Waals surface area contributed by atoms with Crippen LogP contribution in [0.1, 0.15) is 23.8 Å². The van der Waals surface area contributed by atoms with Gasteiger partial charge in [0, 0.05) is 31.4 Å². The van der Waals surface area contributed by atoms with Gasteiger partial charge in [-0.1, -0.05) is 11.8 Å². The van der Waals surface area contributed by atoms with E-state index in [1.165, 1.54) is 16.8 Å². The number of aromatic nitrogens is 4. The maximum Gasteiger partial charge on any atom is 0.253 e. The average molecular weight is 475 g/mol. The van der Waals surface area contributed by atoms with Gasteiger partial charge >= 0.3 is 0 Å². The third kappa shape index (κ3) is 4.32. The average Bonchev–Trinajstić information content (AvgIpc) is 3.63. The molecule has 10 heteroatoms. The van der Waals surface area contributed by atoms with E-state index in [1.54, 1.807) is 25.8 Å². The molecule has 0 unspecified atom stereocenters. The van der Waals surface area contributed by atoms with E-state index < -0.39 is 0 Å². The first-order chi connectivity index (χ1) is 16.6. The Morgan fingerprint density at radius 3 is 2.71 bits per heavy atom. The highest BCUT2D eigenvalue weighted by atomic mass is 32.2. The molecule has 0 bridgehead atoms. The molecule has 3 aromatic heterocycles. The Bertz CT molecular complexity index is 1300. The molecule has 34 heavy (non-hydrogen) atoms. The fourth-order valence-electron chi connectivity index (χ4n) is 3.78. The van der Waals surface area contributed by atoms with Crippen LogP contribution in [0.4, 0.5) is 0 Å². The zero-order chi connectivity index (χ0) is 23.5. The van der Waals surface area contributed by atoms with Crippen molar-refractivity contribution in [3.05, 3.63) is 78.5 Å². The second kappa shape index (κ2) is 9.52. The van der Waals surface area contributed by atoms with Gasteiger partial charge < -0.3 is 13.7 Å². The van der Waals surface area contributed by atoms with Crippen LogP contribution in [-0.2, 0) is 11.8 Å². The van der Waals surface area contributed by atoms with Crippen LogP contribution < -0.4 is 4.74 Å². The molecular formula is C24H22N6O3S. The van der Waals surface area contributed by atoms with Gasteiger partial charge in [0.15, 0.2) is 11.0 Å². The molecule has 172 valence electrons. The van der Waals surface area contributed by atoms with Crippen LogP contribution in [0.5, 0.6) is 5.75 Å². The number of methoxy groups -OCH3 is 1. The van der Waals surface area contributed by atoms with Crippen molar-refractivity contribution in [3.63, 3.8) is 0 Å². The second-order valence-corrected chi connectivity index (χ2v) is 8.59. The molecule has 4 heterocycles. The van der Waals surface area contributed by atoms with Gasteiger partial charge in [-0.25, -0.2) is 5.01 Å². The van der Waals surface area contributed by atoms with E-state index >= 15 is 0 Å². The Kier molecular flexibility index (Phi) is 6.13. The number of amides is 1. The summed E-state index contributed by atoms with van der Waals surface area (Å²) in [6, 6.07) is 14.8. The highest BCUT2D eigenvalue weighted by Gasteiger charge is 2.35. The van der Waals surface area contributed by atoms with Gasteiger partial charge in [-0.15, -0.1) is 10.2 Å². The van der Waals surface area contributed by atoms with Crippen molar-refractivity contribution >= 4 is 23.4 Å². The van der Waals surface area contributed by atoms with Gasteiger partial charge in [-0.2, -0.15) is 5.10 Å². The Hall–Kier alpha value is -3.92. The lowest BCUT2D eigenvalue weighted by Crippen LogP contribution is -2.28. The third-order valence-corrected chi connectivity index (χ3v) is 6.55. The molecule has 1 aliphatic heterocycles. The number of pyridine rings is 1. The number of carbonyl (C=O) groups is 1. The molecule has 4 aromatic rings. The summed E-state index contributed by atoms with van der Waals surface area (Å²) in [6.45, 7) is 0. The summed E-state index contributed by atoms with van der Waals surface area (Å²) in [5.41, 5.74) is 2.62. The first kappa shape index (κ1) is 21.9. The van der Waals surface area contributed by atoms with Crippen molar-refractivity contribution in [2.45, 2.75) is 17.6 Å². The van der Waals surface area contributed by atoms with Gasteiger partial charge in [0.2, 0.25) is 0 Å². The quantitative estimate of drug-likeness (QED) is 0.374. The predicted molar refractivity (Wildman–Crippen MR) is 127 cm³/mol. The van der Waals surface area contributed by atoms with Crippen LogP contribution >= 0.6 is 11.8 Å². The number of hydrogen-bond donors (Lipinski definition) is 0. The van der Waals surface area contributed by atoms with Crippen molar-refractivity contribution in [1.82, 2.24) is 24.8 Å². The van der Waals surface area contributed by atoms with Crippen molar-refractivity contribution < 1.29 is 13.9 Å². The molecule has 0 saturated carbocycles. The van der Waals surface area contributed by atoms with Gasteiger partial charge in [-0.05, 0) is 54.1 Å². The Morgan fingerprint density at radius 1 is 1.15 bits per heavy atom. The van der Waals surface area contributed by atoms with E-state index in [9.17, 15) is 4.79 Å². The van der Waals surface area contributed by atoms with Crippen molar-refractivity contribution in [1.29, 1.82) is 0 Å². The second-order valence-electron chi connectivity index (χ2n) is 7.64. The zero-order valence-electron chi connectivity index (χ0n) is 18.7. The number of ether oxygens (including phenoxy) is 1. The van der Waals surface area contributed by atoms with Gasteiger partial charge in [0.05, 0.1) is 24.8 Å². The highest BCUT2D eigenvalue weighted by Crippen LogP contribution is 2.34. The smallest absolute Gasteiger partial charge is 0.253 e.